The third-order valence-electron chi connectivity index (χ3n) is 2.83. The van der Waals surface area contributed by atoms with Crippen molar-refractivity contribution in [3.05, 3.63) is 29.8 Å². The fourth-order valence-electron chi connectivity index (χ4n) is 1.49. The van der Waals surface area contributed by atoms with Gasteiger partial charge in [-0.05, 0) is 30.2 Å². The van der Waals surface area contributed by atoms with Gasteiger partial charge >= 0.3 is 0 Å². The topological polar surface area (TPSA) is 63.2 Å². The molecule has 0 aromatic heterocycles. The van der Waals surface area contributed by atoms with E-state index in [0.717, 1.165) is 6.26 Å². The van der Waals surface area contributed by atoms with E-state index in [4.69, 9.17) is 11.6 Å². The van der Waals surface area contributed by atoms with Crippen LogP contribution < -0.4 is 5.32 Å². The van der Waals surface area contributed by atoms with Gasteiger partial charge in [-0.2, -0.15) is 0 Å². The fraction of sp³-hybridized carbons (Fsp3) is 0.462. The summed E-state index contributed by atoms with van der Waals surface area (Å²) >= 11 is 5.79. The highest BCUT2D eigenvalue weighted by Gasteiger charge is 2.16. The Kier molecular flexibility index (Phi) is 5.38. The molecule has 1 rings (SSSR count). The highest BCUT2D eigenvalue weighted by Crippen LogP contribution is 2.11. The molecule has 0 aliphatic carbocycles. The molecule has 106 valence electrons. The lowest BCUT2D eigenvalue weighted by Gasteiger charge is -2.19. The molecule has 0 radical (unpaired) electrons. The summed E-state index contributed by atoms with van der Waals surface area (Å²) in [5.74, 6) is 0.321. The number of hydrogen-bond donors (Lipinski definition) is 1. The number of hydrogen-bond acceptors (Lipinski definition) is 3. The van der Waals surface area contributed by atoms with Crippen LogP contribution in [-0.2, 0) is 9.84 Å². The number of rotatable bonds is 5. The SMILES string of the molecule is CC(C)C(CCl)NC(=O)c1ccc(S(C)(=O)=O)cc1. The minimum Gasteiger partial charge on any atom is -0.348 e. The van der Waals surface area contributed by atoms with Crippen molar-refractivity contribution in [3.8, 4) is 0 Å². The van der Waals surface area contributed by atoms with Gasteiger partial charge in [-0.1, -0.05) is 13.8 Å². The number of benzene rings is 1. The second kappa shape index (κ2) is 6.39. The lowest BCUT2D eigenvalue weighted by molar-refractivity contribution is 0.0931. The van der Waals surface area contributed by atoms with Gasteiger partial charge in [0.05, 0.1) is 4.90 Å². The molecule has 4 nitrogen and oxygen atoms in total. The Hall–Kier alpha value is -1.07. The largest absolute Gasteiger partial charge is 0.348 e. The van der Waals surface area contributed by atoms with Crippen LogP contribution in [0.2, 0.25) is 0 Å². The Morgan fingerprint density at radius 1 is 1.26 bits per heavy atom. The third kappa shape index (κ3) is 4.51. The summed E-state index contributed by atoms with van der Waals surface area (Å²) in [6, 6.07) is 5.74. The Labute approximate surface area is 119 Å². The molecule has 6 heteroatoms. The number of nitrogens with one attached hydrogen (secondary N) is 1. The molecule has 0 spiro atoms. The molecule has 1 aromatic carbocycles. The van der Waals surface area contributed by atoms with Gasteiger partial charge in [-0.15, -0.1) is 11.6 Å². The summed E-state index contributed by atoms with van der Waals surface area (Å²) in [7, 11) is -3.24. The summed E-state index contributed by atoms with van der Waals surface area (Å²) in [4.78, 5) is 12.2. The molecule has 0 heterocycles. The van der Waals surface area contributed by atoms with Gasteiger partial charge in [0.25, 0.3) is 5.91 Å². The molecule has 0 fully saturated rings. The molecule has 0 aliphatic rings. The van der Waals surface area contributed by atoms with E-state index in [1.807, 2.05) is 13.8 Å². The maximum absolute atomic E-state index is 12.0. The Morgan fingerprint density at radius 2 is 1.79 bits per heavy atom. The first kappa shape index (κ1) is 16.0. The summed E-state index contributed by atoms with van der Waals surface area (Å²) in [5.41, 5.74) is 0.420. The Balaban J connectivity index is 2.84. The first-order valence-corrected chi connectivity index (χ1v) is 8.35. The van der Waals surface area contributed by atoms with Crippen LogP contribution in [0.4, 0.5) is 0 Å². The molecule has 0 saturated carbocycles. The molecular formula is C13H18ClNO3S. The van der Waals surface area contributed by atoms with Crippen molar-refractivity contribution in [2.24, 2.45) is 5.92 Å². The maximum Gasteiger partial charge on any atom is 0.251 e. The minimum atomic E-state index is -3.24. The molecule has 0 aliphatic heterocycles. The van der Waals surface area contributed by atoms with E-state index in [2.05, 4.69) is 5.32 Å². The van der Waals surface area contributed by atoms with Crippen LogP contribution in [0, 0.1) is 5.92 Å². The summed E-state index contributed by atoms with van der Waals surface area (Å²) in [6.07, 6.45) is 1.13. The van der Waals surface area contributed by atoms with Crippen LogP contribution in [-0.4, -0.2) is 32.5 Å². The van der Waals surface area contributed by atoms with E-state index in [0.29, 0.717) is 11.4 Å². The van der Waals surface area contributed by atoms with Crippen molar-refractivity contribution in [2.45, 2.75) is 24.8 Å². The average molecular weight is 304 g/mol. The summed E-state index contributed by atoms with van der Waals surface area (Å²) in [6.45, 7) is 3.94. The van der Waals surface area contributed by atoms with Crippen LogP contribution >= 0.6 is 11.6 Å². The van der Waals surface area contributed by atoms with Crippen LogP contribution in [0.3, 0.4) is 0 Å². The zero-order chi connectivity index (χ0) is 14.6. The van der Waals surface area contributed by atoms with Crippen molar-refractivity contribution in [3.63, 3.8) is 0 Å². The maximum atomic E-state index is 12.0. The fourth-order valence-corrected chi connectivity index (χ4v) is 2.55. The number of sulfone groups is 1. The van der Waals surface area contributed by atoms with E-state index >= 15 is 0 Å². The number of alkyl halides is 1. The monoisotopic (exact) mass is 303 g/mol. The summed E-state index contributed by atoms with van der Waals surface area (Å²) in [5, 5.41) is 2.82. The lowest BCUT2D eigenvalue weighted by Crippen LogP contribution is -2.39. The molecule has 1 amide bonds. The van der Waals surface area contributed by atoms with Crippen molar-refractivity contribution < 1.29 is 13.2 Å². The van der Waals surface area contributed by atoms with Gasteiger partial charge in [-0.3, -0.25) is 4.79 Å². The van der Waals surface area contributed by atoms with Gasteiger partial charge < -0.3 is 5.32 Å². The quantitative estimate of drug-likeness (QED) is 0.847. The van der Waals surface area contributed by atoms with Gasteiger partial charge in [0.15, 0.2) is 9.84 Å². The van der Waals surface area contributed by atoms with Crippen molar-refractivity contribution >= 4 is 27.3 Å². The zero-order valence-electron chi connectivity index (χ0n) is 11.2. The van der Waals surface area contributed by atoms with E-state index in [1.54, 1.807) is 0 Å². The molecule has 1 atom stereocenters. The molecule has 0 bridgehead atoms. The molecular weight excluding hydrogens is 286 g/mol. The van der Waals surface area contributed by atoms with Gasteiger partial charge in [0, 0.05) is 23.7 Å². The lowest BCUT2D eigenvalue weighted by atomic mass is 10.1. The van der Waals surface area contributed by atoms with Gasteiger partial charge in [0.2, 0.25) is 0 Å². The molecule has 1 aromatic rings. The van der Waals surface area contributed by atoms with Crippen molar-refractivity contribution in [1.29, 1.82) is 0 Å². The number of carbonyl (C=O) groups excluding carboxylic acids is 1. The highest BCUT2D eigenvalue weighted by atomic mass is 35.5. The van der Waals surface area contributed by atoms with E-state index in [9.17, 15) is 13.2 Å². The number of halogens is 1. The number of carbonyl (C=O) groups is 1. The van der Waals surface area contributed by atoms with Gasteiger partial charge in [0.1, 0.15) is 0 Å². The van der Waals surface area contributed by atoms with Crippen LogP contribution in [0.5, 0.6) is 0 Å². The second-order valence-electron chi connectivity index (χ2n) is 4.77. The first-order valence-electron chi connectivity index (χ1n) is 5.92. The Bertz CT molecular complexity index is 538. The zero-order valence-corrected chi connectivity index (χ0v) is 12.8. The second-order valence-corrected chi connectivity index (χ2v) is 7.10. The minimum absolute atomic E-state index is 0.108. The van der Waals surface area contributed by atoms with E-state index in [1.165, 1.54) is 24.3 Å². The van der Waals surface area contributed by atoms with Gasteiger partial charge in [-0.25, -0.2) is 8.42 Å². The van der Waals surface area contributed by atoms with Crippen LogP contribution in [0.1, 0.15) is 24.2 Å². The smallest absolute Gasteiger partial charge is 0.251 e. The predicted molar refractivity (Wildman–Crippen MR) is 76.4 cm³/mol. The molecule has 19 heavy (non-hydrogen) atoms. The highest BCUT2D eigenvalue weighted by molar-refractivity contribution is 7.90. The van der Waals surface area contributed by atoms with E-state index in [-0.39, 0.29) is 22.8 Å². The molecule has 0 saturated heterocycles. The normalized spacial score (nSPS) is 13.3. The van der Waals surface area contributed by atoms with Crippen LogP contribution in [0.15, 0.2) is 29.2 Å². The van der Waals surface area contributed by atoms with Crippen molar-refractivity contribution in [1.82, 2.24) is 5.32 Å². The average Bonchev–Trinajstić information content (AvgIpc) is 2.34. The Morgan fingerprint density at radius 3 is 2.16 bits per heavy atom. The predicted octanol–water partition coefficient (Wildman–Crippen LogP) is 2.08. The standard InChI is InChI=1S/C13H18ClNO3S/c1-9(2)12(8-14)15-13(16)10-4-6-11(7-5-10)19(3,17)18/h4-7,9,12H,8H2,1-3H3,(H,15,16). The number of amides is 1. The van der Waals surface area contributed by atoms with E-state index < -0.39 is 9.84 Å². The van der Waals surface area contributed by atoms with Crippen LogP contribution in [0.25, 0.3) is 0 Å². The molecule has 1 N–H and O–H groups in total. The summed E-state index contributed by atoms with van der Waals surface area (Å²) < 4.78 is 22.6. The van der Waals surface area contributed by atoms with Crippen molar-refractivity contribution in [2.75, 3.05) is 12.1 Å². The molecule has 1 unspecified atom stereocenters. The third-order valence-corrected chi connectivity index (χ3v) is 4.29. The first-order chi connectivity index (χ1) is 8.75.